The normalized spacial score (nSPS) is 19.6. The standard InChI is InChI=1S/C15H22N6/c1-16-15-18-7-6-12(19-15)13-5-3-4-9-21(13)11-14-17-8-10-20(14)2/h6-8,10,13H,3-5,9,11H2,1-2H3,(H,16,18,19). The summed E-state index contributed by atoms with van der Waals surface area (Å²) in [5.41, 5.74) is 1.10. The van der Waals surface area contributed by atoms with E-state index >= 15 is 0 Å². The highest BCUT2D eigenvalue weighted by atomic mass is 15.2. The maximum Gasteiger partial charge on any atom is 0.222 e. The molecular formula is C15H22N6. The lowest BCUT2D eigenvalue weighted by atomic mass is 9.99. The van der Waals surface area contributed by atoms with Crippen molar-refractivity contribution in [3.63, 3.8) is 0 Å². The first-order valence-electron chi connectivity index (χ1n) is 7.49. The molecule has 0 aromatic carbocycles. The smallest absolute Gasteiger partial charge is 0.222 e. The largest absolute Gasteiger partial charge is 0.357 e. The average Bonchev–Trinajstić information content (AvgIpc) is 2.93. The van der Waals surface area contributed by atoms with E-state index < -0.39 is 0 Å². The van der Waals surface area contributed by atoms with Gasteiger partial charge in [0.1, 0.15) is 5.82 Å². The van der Waals surface area contributed by atoms with Crippen LogP contribution in [0.25, 0.3) is 0 Å². The Morgan fingerprint density at radius 3 is 2.95 bits per heavy atom. The number of hydrogen-bond donors (Lipinski definition) is 1. The molecule has 0 bridgehead atoms. The number of anilines is 1. The van der Waals surface area contributed by atoms with Crippen molar-refractivity contribution in [2.45, 2.75) is 31.8 Å². The minimum Gasteiger partial charge on any atom is -0.357 e. The van der Waals surface area contributed by atoms with Gasteiger partial charge in [-0.25, -0.2) is 15.0 Å². The van der Waals surface area contributed by atoms with Crippen molar-refractivity contribution in [1.29, 1.82) is 0 Å². The molecule has 3 heterocycles. The first-order valence-corrected chi connectivity index (χ1v) is 7.49. The van der Waals surface area contributed by atoms with E-state index in [-0.39, 0.29) is 0 Å². The molecule has 112 valence electrons. The van der Waals surface area contributed by atoms with Crippen LogP contribution >= 0.6 is 0 Å². The lowest BCUT2D eigenvalue weighted by Gasteiger charge is -2.35. The van der Waals surface area contributed by atoms with Crippen LogP contribution in [0.3, 0.4) is 0 Å². The van der Waals surface area contributed by atoms with Crippen LogP contribution in [0, 0.1) is 0 Å². The fourth-order valence-electron chi connectivity index (χ4n) is 2.92. The molecule has 3 rings (SSSR count). The van der Waals surface area contributed by atoms with Gasteiger partial charge in [0.05, 0.1) is 18.3 Å². The second-order valence-corrected chi connectivity index (χ2v) is 5.49. The van der Waals surface area contributed by atoms with Crippen LogP contribution < -0.4 is 5.32 Å². The van der Waals surface area contributed by atoms with E-state index in [2.05, 4.69) is 29.7 Å². The predicted molar refractivity (Wildman–Crippen MR) is 81.8 cm³/mol. The first-order chi connectivity index (χ1) is 10.3. The highest BCUT2D eigenvalue weighted by Gasteiger charge is 2.26. The number of hydrogen-bond acceptors (Lipinski definition) is 5. The van der Waals surface area contributed by atoms with Gasteiger partial charge in [0.25, 0.3) is 0 Å². The van der Waals surface area contributed by atoms with E-state index in [0.717, 1.165) is 31.0 Å². The second-order valence-electron chi connectivity index (χ2n) is 5.49. The molecule has 1 aliphatic heterocycles. The van der Waals surface area contributed by atoms with E-state index in [1.165, 1.54) is 12.8 Å². The fraction of sp³-hybridized carbons (Fsp3) is 0.533. The van der Waals surface area contributed by atoms with Crippen LogP contribution in [0.4, 0.5) is 5.95 Å². The molecule has 0 radical (unpaired) electrons. The number of imidazole rings is 1. The number of likely N-dealkylation sites (tertiary alicyclic amines) is 1. The summed E-state index contributed by atoms with van der Waals surface area (Å²) < 4.78 is 2.09. The first kappa shape index (κ1) is 14.0. The van der Waals surface area contributed by atoms with Gasteiger partial charge in [0.2, 0.25) is 5.95 Å². The molecule has 6 heteroatoms. The SMILES string of the molecule is CNc1nccc(C2CCCCN2Cc2nccn2C)n1. The molecule has 0 spiro atoms. The molecule has 2 aromatic rings. The zero-order valence-corrected chi connectivity index (χ0v) is 12.7. The van der Waals surface area contributed by atoms with Crippen LogP contribution in [-0.4, -0.2) is 38.0 Å². The van der Waals surface area contributed by atoms with Crippen molar-refractivity contribution in [2.75, 3.05) is 18.9 Å². The molecule has 6 nitrogen and oxygen atoms in total. The number of nitrogens with one attached hydrogen (secondary N) is 1. The highest BCUT2D eigenvalue weighted by Crippen LogP contribution is 2.31. The van der Waals surface area contributed by atoms with Crippen molar-refractivity contribution >= 4 is 5.95 Å². The molecule has 0 amide bonds. The van der Waals surface area contributed by atoms with Crippen molar-refractivity contribution in [1.82, 2.24) is 24.4 Å². The molecule has 21 heavy (non-hydrogen) atoms. The highest BCUT2D eigenvalue weighted by molar-refractivity contribution is 5.25. The summed E-state index contributed by atoms with van der Waals surface area (Å²) in [6.45, 7) is 1.96. The monoisotopic (exact) mass is 286 g/mol. The zero-order chi connectivity index (χ0) is 14.7. The molecule has 1 aliphatic rings. The lowest BCUT2D eigenvalue weighted by molar-refractivity contribution is 0.132. The second kappa shape index (κ2) is 6.22. The van der Waals surface area contributed by atoms with Crippen LogP contribution in [0.5, 0.6) is 0 Å². The molecule has 1 atom stereocenters. The zero-order valence-electron chi connectivity index (χ0n) is 12.7. The summed E-state index contributed by atoms with van der Waals surface area (Å²) in [5, 5.41) is 3.02. The maximum absolute atomic E-state index is 4.63. The molecule has 1 unspecified atom stereocenters. The van der Waals surface area contributed by atoms with Gasteiger partial charge in [0, 0.05) is 32.7 Å². The summed E-state index contributed by atoms with van der Waals surface area (Å²) in [4.78, 5) is 15.8. The predicted octanol–water partition coefficient (Wildman–Crippen LogP) is 1.98. The number of piperidine rings is 1. The van der Waals surface area contributed by atoms with Gasteiger partial charge in [-0.2, -0.15) is 0 Å². The summed E-state index contributed by atoms with van der Waals surface area (Å²) in [5.74, 6) is 1.79. The Labute approximate surface area is 125 Å². The van der Waals surface area contributed by atoms with E-state index in [1.807, 2.05) is 38.8 Å². The van der Waals surface area contributed by atoms with Crippen molar-refractivity contribution in [3.8, 4) is 0 Å². The Kier molecular flexibility index (Phi) is 4.15. The van der Waals surface area contributed by atoms with E-state index in [1.54, 1.807) is 0 Å². The third kappa shape index (κ3) is 3.05. The molecule has 1 saturated heterocycles. The van der Waals surface area contributed by atoms with Crippen LogP contribution in [0.15, 0.2) is 24.7 Å². The van der Waals surface area contributed by atoms with Crippen LogP contribution in [0.2, 0.25) is 0 Å². The van der Waals surface area contributed by atoms with E-state index in [4.69, 9.17) is 0 Å². The molecule has 2 aromatic heterocycles. The van der Waals surface area contributed by atoms with Crippen molar-refractivity contribution in [3.05, 3.63) is 36.2 Å². The topological polar surface area (TPSA) is 58.9 Å². The molecule has 0 aliphatic carbocycles. The van der Waals surface area contributed by atoms with Crippen LogP contribution in [0.1, 0.15) is 36.8 Å². The molecule has 0 saturated carbocycles. The van der Waals surface area contributed by atoms with E-state index in [9.17, 15) is 0 Å². The summed E-state index contributed by atoms with van der Waals surface area (Å²) in [7, 11) is 3.90. The Hall–Kier alpha value is -1.95. The Morgan fingerprint density at radius 2 is 2.19 bits per heavy atom. The van der Waals surface area contributed by atoms with Gasteiger partial charge < -0.3 is 9.88 Å². The Balaban J connectivity index is 1.82. The molecule has 1 N–H and O–H groups in total. The Bertz CT molecular complexity index is 593. The number of aryl methyl sites for hydroxylation is 1. The van der Waals surface area contributed by atoms with Gasteiger partial charge in [-0.1, -0.05) is 6.42 Å². The fourth-order valence-corrected chi connectivity index (χ4v) is 2.92. The number of nitrogens with zero attached hydrogens (tertiary/aromatic N) is 5. The summed E-state index contributed by atoms with van der Waals surface area (Å²) in [6, 6.07) is 2.38. The average molecular weight is 286 g/mol. The van der Waals surface area contributed by atoms with Crippen LogP contribution in [-0.2, 0) is 13.6 Å². The van der Waals surface area contributed by atoms with E-state index in [0.29, 0.717) is 12.0 Å². The van der Waals surface area contributed by atoms with Crippen molar-refractivity contribution < 1.29 is 0 Å². The van der Waals surface area contributed by atoms with Crippen molar-refractivity contribution in [2.24, 2.45) is 7.05 Å². The lowest BCUT2D eigenvalue weighted by Crippen LogP contribution is -2.34. The number of rotatable bonds is 4. The van der Waals surface area contributed by atoms with Gasteiger partial charge >= 0.3 is 0 Å². The minimum atomic E-state index is 0.352. The number of aromatic nitrogens is 4. The summed E-state index contributed by atoms with van der Waals surface area (Å²) in [6.07, 6.45) is 9.33. The summed E-state index contributed by atoms with van der Waals surface area (Å²) >= 11 is 0. The minimum absolute atomic E-state index is 0.352. The van der Waals surface area contributed by atoms with Gasteiger partial charge in [-0.05, 0) is 25.5 Å². The maximum atomic E-state index is 4.63. The Morgan fingerprint density at radius 1 is 1.29 bits per heavy atom. The third-order valence-electron chi connectivity index (χ3n) is 4.12. The molecular weight excluding hydrogens is 264 g/mol. The van der Waals surface area contributed by atoms with Gasteiger partial charge in [-0.3, -0.25) is 4.90 Å². The quantitative estimate of drug-likeness (QED) is 0.931. The van der Waals surface area contributed by atoms with Gasteiger partial charge in [0.15, 0.2) is 0 Å². The molecule has 1 fully saturated rings. The van der Waals surface area contributed by atoms with Gasteiger partial charge in [-0.15, -0.1) is 0 Å². The third-order valence-corrected chi connectivity index (χ3v) is 4.12.